The van der Waals surface area contributed by atoms with Crippen LogP contribution in [0.4, 0.5) is 5.69 Å². The fourth-order valence-corrected chi connectivity index (χ4v) is 5.13. The summed E-state index contributed by atoms with van der Waals surface area (Å²) in [6, 6.07) is 6.95. The van der Waals surface area contributed by atoms with Gasteiger partial charge < -0.3 is 9.84 Å². The molecule has 7 heteroatoms. The molecule has 0 aliphatic carbocycles. The van der Waals surface area contributed by atoms with E-state index in [4.69, 9.17) is 10.00 Å². The fraction of sp³-hybridized carbons (Fsp3) is 0.471. The Morgan fingerprint density at radius 1 is 1.33 bits per heavy atom. The average molecular weight is 438 g/mol. The van der Waals surface area contributed by atoms with E-state index in [0.29, 0.717) is 21.2 Å². The zero-order valence-corrected chi connectivity index (χ0v) is 15.3. The number of hydrogen-bond acceptors (Lipinski definition) is 5. The lowest BCUT2D eigenvalue weighted by atomic mass is 9.67. The van der Waals surface area contributed by atoms with Crippen molar-refractivity contribution >= 4 is 40.1 Å². The minimum atomic E-state index is -1.03. The van der Waals surface area contributed by atoms with Gasteiger partial charge in [0.15, 0.2) is 0 Å². The Bertz CT molecular complexity index is 834. The Morgan fingerprint density at radius 2 is 2.00 bits per heavy atom. The van der Waals surface area contributed by atoms with Gasteiger partial charge in [-0.25, -0.2) is 4.90 Å². The van der Waals surface area contributed by atoms with E-state index in [-0.39, 0.29) is 11.8 Å². The van der Waals surface area contributed by atoms with Crippen LogP contribution in [0.15, 0.2) is 18.2 Å². The summed E-state index contributed by atoms with van der Waals surface area (Å²) < 4.78 is 6.63. The van der Waals surface area contributed by atoms with E-state index in [2.05, 4.69) is 6.07 Å². The third-order valence-corrected chi connectivity index (χ3v) is 6.52. The molecule has 0 saturated carbocycles. The predicted octanol–water partition coefficient (Wildman–Crippen LogP) is 1.58. The second-order valence-corrected chi connectivity index (χ2v) is 8.22. The van der Waals surface area contributed by atoms with Crippen LogP contribution in [0.1, 0.15) is 25.8 Å². The number of rotatable bonds is 1. The fourth-order valence-electron chi connectivity index (χ4n) is 4.51. The van der Waals surface area contributed by atoms with Crippen molar-refractivity contribution in [1.82, 2.24) is 0 Å². The molecule has 2 unspecified atom stereocenters. The predicted molar refractivity (Wildman–Crippen MR) is 91.9 cm³/mol. The van der Waals surface area contributed by atoms with Crippen molar-refractivity contribution in [3.05, 3.63) is 27.3 Å². The van der Waals surface area contributed by atoms with E-state index in [9.17, 15) is 14.7 Å². The summed E-state index contributed by atoms with van der Waals surface area (Å²) in [6.45, 7) is 3.51. The number of benzene rings is 1. The molecular formula is C17H15IN2O4. The van der Waals surface area contributed by atoms with Gasteiger partial charge in [0.2, 0.25) is 11.8 Å². The van der Waals surface area contributed by atoms with Crippen LogP contribution in [0, 0.1) is 26.7 Å². The first-order chi connectivity index (χ1) is 11.2. The van der Waals surface area contributed by atoms with Gasteiger partial charge in [-0.2, -0.15) is 5.26 Å². The maximum atomic E-state index is 13.0. The summed E-state index contributed by atoms with van der Waals surface area (Å²) in [6.07, 6.45) is -0.413. The molecule has 0 spiro atoms. The van der Waals surface area contributed by atoms with Gasteiger partial charge in [0.05, 0.1) is 34.8 Å². The molecule has 1 N–H and O–H groups in total. The number of anilines is 1. The van der Waals surface area contributed by atoms with Crippen molar-refractivity contribution in [2.45, 2.75) is 37.6 Å². The number of carbonyl (C=O) groups excluding carboxylic acids is 2. The second-order valence-electron chi connectivity index (χ2n) is 7.06. The average Bonchev–Trinajstić information content (AvgIpc) is 3.01. The van der Waals surface area contributed by atoms with Crippen LogP contribution in [0.2, 0.25) is 0 Å². The minimum Gasteiger partial charge on any atom is -0.390 e. The third-order valence-electron chi connectivity index (χ3n) is 5.63. The van der Waals surface area contributed by atoms with Gasteiger partial charge in [-0.1, -0.05) is 0 Å². The lowest BCUT2D eigenvalue weighted by Gasteiger charge is -2.31. The Balaban J connectivity index is 1.79. The van der Waals surface area contributed by atoms with E-state index in [0.717, 1.165) is 0 Å². The van der Waals surface area contributed by atoms with Crippen LogP contribution in [0.5, 0.6) is 0 Å². The maximum absolute atomic E-state index is 13.0. The molecule has 3 saturated heterocycles. The van der Waals surface area contributed by atoms with Gasteiger partial charge in [0.1, 0.15) is 11.7 Å². The molecule has 3 heterocycles. The number of ether oxygens (including phenoxy) is 1. The van der Waals surface area contributed by atoms with Gasteiger partial charge >= 0.3 is 0 Å². The molecule has 24 heavy (non-hydrogen) atoms. The molecule has 0 aromatic heterocycles. The SMILES string of the molecule is CC12C[C@@H](O)C(C)(O1)[C@@H]1C(=O)N(c3ccc(C#N)c(I)c3)C(=O)[C@@H]12. The van der Waals surface area contributed by atoms with E-state index >= 15 is 0 Å². The van der Waals surface area contributed by atoms with Crippen LogP contribution < -0.4 is 4.90 Å². The lowest BCUT2D eigenvalue weighted by molar-refractivity contribution is -0.132. The summed E-state index contributed by atoms with van der Waals surface area (Å²) in [5, 5.41) is 19.4. The number of aliphatic hydroxyl groups is 1. The molecule has 1 aromatic carbocycles. The Kier molecular flexibility index (Phi) is 3.18. The Morgan fingerprint density at radius 3 is 2.62 bits per heavy atom. The summed E-state index contributed by atoms with van der Waals surface area (Å²) in [7, 11) is 0. The number of hydrogen-bond donors (Lipinski definition) is 1. The van der Waals surface area contributed by atoms with E-state index in [1.54, 1.807) is 32.0 Å². The van der Waals surface area contributed by atoms with Crippen molar-refractivity contribution in [2.75, 3.05) is 4.90 Å². The number of fused-ring (bicyclic) bond motifs is 5. The summed E-state index contributed by atoms with van der Waals surface area (Å²) >= 11 is 2.01. The first kappa shape index (κ1) is 16.0. The maximum Gasteiger partial charge on any atom is 0.240 e. The Labute approximate surface area is 152 Å². The molecule has 4 rings (SSSR count). The Hall–Kier alpha value is -1.50. The second kappa shape index (κ2) is 4.77. The molecule has 2 bridgehead atoms. The van der Waals surface area contributed by atoms with E-state index < -0.39 is 29.1 Å². The first-order valence-electron chi connectivity index (χ1n) is 7.68. The van der Waals surface area contributed by atoms with Gasteiger partial charge in [-0.15, -0.1) is 0 Å². The van der Waals surface area contributed by atoms with E-state index in [1.807, 2.05) is 22.6 Å². The normalized spacial score (nSPS) is 40.1. The van der Waals surface area contributed by atoms with Crippen LogP contribution in [0.25, 0.3) is 0 Å². The number of halogens is 1. The van der Waals surface area contributed by atoms with Crippen LogP contribution in [0.3, 0.4) is 0 Å². The third kappa shape index (κ3) is 1.76. The smallest absolute Gasteiger partial charge is 0.240 e. The number of amides is 2. The van der Waals surface area contributed by atoms with Gasteiger partial charge in [0, 0.05) is 9.99 Å². The van der Waals surface area contributed by atoms with Crippen molar-refractivity contribution in [3.63, 3.8) is 0 Å². The molecule has 3 aliphatic rings. The molecule has 3 aliphatic heterocycles. The summed E-state index contributed by atoms with van der Waals surface area (Å²) in [5.41, 5.74) is -0.888. The highest BCUT2D eigenvalue weighted by molar-refractivity contribution is 14.1. The topological polar surface area (TPSA) is 90.6 Å². The number of carbonyl (C=O) groups is 2. The van der Waals surface area contributed by atoms with Crippen LogP contribution in [-0.2, 0) is 14.3 Å². The molecule has 124 valence electrons. The highest BCUT2D eigenvalue weighted by Gasteiger charge is 2.75. The van der Waals surface area contributed by atoms with Crippen molar-refractivity contribution in [1.29, 1.82) is 5.26 Å². The highest BCUT2D eigenvalue weighted by Crippen LogP contribution is 2.60. The first-order valence-corrected chi connectivity index (χ1v) is 8.76. The molecule has 5 atom stereocenters. The number of aliphatic hydroxyl groups excluding tert-OH is 1. The monoisotopic (exact) mass is 438 g/mol. The highest BCUT2D eigenvalue weighted by atomic mass is 127. The van der Waals surface area contributed by atoms with Crippen molar-refractivity contribution in [2.24, 2.45) is 11.8 Å². The van der Waals surface area contributed by atoms with Crippen LogP contribution in [-0.4, -0.2) is 34.2 Å². The summed E-state index contributed by atoms with van der Waals surface area (Å²) in [5.74, 6) is -1.88. The molecule has 3 fully saturated rings. The molecule has 0 radical (unpaired) electrons. The van der Waals surface area contributed by atoms with Crippen molar-refractivity contribution < 1.29 is 19.4 Å². The van der Waals surface area contributed by atoms with Gasteiger partial charge in [0.25, 0.3) is 0 Å². The lowest BCUT2D eigenvalue weighted by Crippen LogP contribution is -2.49. The largest absolute Gasteiger partial charge is 0.390 e. The zero-order chi connectivity index (χ0) is 17.4. The van der Waals surface area contributed by atoms with Gasteiger partial charge in [-0.05, 0) is 54.6 Å². The molecule has 6 nitrogen and oxygen atoms in total. The van der Waals surface area contributed by atoms with Crippen molar-refractivity contribution in [3.8, 4) is 6.07 Å². The zero-order valence-electron chi connectivity index (χ0n) is 13.1. The number of imide groups is 1. The molecule has 1 aromatic rings. The quantitative estimate of drug-likeness (QED) is 0.531. The van der Waals surface area contributed by atoms with Crippen LogP contribution >= 0.6 is 22.6 Å². The minimum absolute atomic E-state index is 0.288. The number of nitriles is 1. The molecular weight excluding hydrogens is 423 g/mol. The van der Waals surface area contributed by atoms with Gasteiger partial charge in [-0.3, -0.25) is 9.59 Å². The number of nitrogens with zero attached hydrogens (tertiary/aromatic N) is 2. The standard InChI is InChI=1S/C17H15IN2O4/c1-16-6-11(21)17(2,24-16)13-12(16)14(22)20(15(13)23)9-4-3-8(7-19)10(18)5-9/h3-5,11-13,21H,6H2,1-2H3/t11-,12-,13+,16?,17?/m1/s1. The summed E-state index contributed by atoms with van der Waals surface area (Å²) in [4.78, 5) is 27.2. The van der Waals surface area contributed by atoms with E-state index in [1.165, 1.54) is 4.90 Å². The molecule has 2 amide bonds.